The van der Waals surface area contributed by atoms with Gasteiger partial charge >= 0.3 is 0 Å². The number of nitrogens with zero attached hydrogens (tertiary/aromatic N) is 2. The number of rotatable bonds is 7. The van der Waals surface area contributed by atoms with Gasteiger partial charge in [-0.1, -0.05) is 44.8 Å². The molecule has 2 aliphatic rings. The molecule has 0 saturated carbocycles. The van der Waals surface area contributed by atoms with Crippen LogP contribution in [-0.2, 0) is 29.5 Å². The Balaban J connectivity index is 1.44. The van der Waals surface area contributed by atoms with Crippen LogP contribution in [0.15, 0.2) is 56.0 Å². The van der Waals surface area contributed by atoms with Crippen LogP contribution in [0.1, 0.15) is 0 Å². The van der Waals surface area contributed by atoms with Crippen LogP contribution in [0.4, 0.5) is 0 Å². The van der Waals surface area contributed by atoms with Crippen molar-refractivity contribution in [3.05, 3.63) is 46.4 Å². The largest absolute Gasteiger partial charge is 0.379 e. The second-order valence-corrected chi connectivity index (χ2v) is 14.3. The lowest BCUT2D eigenvalue weighted by molar-refractivity contribution is 0.0730. The molecule has 34 heavy (non-hydrogen) atoms. The second-order valence-electron chi connectivity index (χ2n) is 7.38. The first kappa shape index (κ1) is 26.5. The molecular formula is C20H22Cl2N2O6S4. The van der Waals surface area contributed by atoms with Crippen molar-refractivity contribution in [3.8, 4) is 0 Å². The van der Waals surface area contributed by atoms with Gasteiger partial charge in [0.1, 0.15) is 9.79 Å². The molecule has 2 aromatic carbocycles. The minimum absolute atomic E-state index is 0.0612. The molecule has 0 aromatic heterocycles. The Bertz CT molecular complexity index is 1150. The van der Waals surface area contributed by atoms with Gasteiger partial charge in [-0.2, -0.15) is 8.61 Å². The van der Waals surface area contributed by atoms with Crippen LogP contribution < -0.4 is 0 Å². The van der Waals surface area contributed by atoms with Crippen LogP contribution in [0.2, 0.25) is 10.0 Å². The smallest absolute Gasteiger partial charge is 0.244 e. The predicted molar refractivity (Wildman–Crippen MR) is 134 cm³/mol. The zero-order chi connectivity index (χ0) is 24.3. The van der Waals surface area contributed by atoms with Gasteiger partial charge in [0.25, 0.3) is 0 Å². The Morgan fingerprint density at radius 3 is 1.32 bits per heavy atom. The molecule has 0 amide bonds. The highest BCUT2D eigenvalue weighted by atomic mass is 35.5. The first-order chi connectivity index (χ1) is 16.2. The maximum atomic E-state index is 12.9. The number of morpholine rings is 2. The number of halogens is 2. The SMILES string of the molecule is O=S(=O)(c1ccc(SSc2ccc(S(=O)(=O)N3CCOCC3)c(Cl)c2)cc1Cl)N1CCOCC1. The van der Waals surface area contributed by atoms with E-state index >= 15 is 0 Å². The van der Waals surface area contributed by atoms with Gasteiger partial charge in [0, 0.05) is 36.0 Å². The van der Waals surface area contributed by atoms with E-state index in [1.54, 1.807) is 24.3 Å². The number of benzene rings is 2. The van der Waals surface area contributed by atoms with Gasteiger partial charge in [0.2, 0.25) is 20.0 Å². The fourth-order valence-corrected chi connectivity index (χ4v) is 9.39. The molecule has 0 aliphatic carbocycles. The first-order valence-electron chi connectivity index (χ1n) is 10.3. The Hall–Kier alpha value is -0.540. The van der Waals surface area contributed by atoms with E-state index in [0.717, 1.165) is 9.79 Å². The third kappa shape index (κ3) is 5.88. The molecule has 0 radical (unpaired) electrons. The molecule has 8 nitrogen and oxygen atoms in total. The van der Waals surface area contributed by atoms with Crippen LogP contribution in [0.3, 0.4) is 0 Å². The van der Waals surface area contributed by atoms with E-state index in [0.29, 0.717) is 52.6 Å². The van der Waals surface area contributed by atoms with Gasteiger partial charge in [0.05, 0.1) is 36.5 Å². The van der Waals surface area contributed by atoms with Crippen molar-refractivity contribution in [1.29, 1.82) is 0 Å². The number of ether oxygens (including phenoxy) is 2. The van der Waals surface area contributed by atoms with Gasteiger partial charge in [-0.15, -0.1) is 0 Å². The summed E-state index contributed by atoms with van der Waals surface area (Å²) in [6, 6.07) is 9.59. The molecule has 2 fully saturated rings. The lowest BCUT2D eigenvalue weighted by Crippen LogP contribution is -2.40. The predicted octanol–water partition coefficient (Wildman–Crippen LogP) is 3.83. The Labute approximate surface area is 217 Å². The van der Waals surface area contributed by atoms with Crippen molar-refractivity contribution in [2.24, 2.45) is 0 Å². The molecule has 0 bridgehead atoms. The van der Waals surface area contributed by atoms with E-state index in [4.69, 9.17) is 32.7 Å². The summed E-state index contributed by atoms with van der Waals surface area (Å²) in [6.45, 7) is 2.61. The van der Waals surface area contributed by atoms with Crippen molar-refractivity contribution in [2.75, 3.05) is 52.6 Å². The molecule has 4 rings (SSSR count). The zero-order valence-corrected chi connectivity index (χ0v) is 22.6. The van der Waals surface area contributed by atoms with Crippen LogP contribution >= 0.6 is 44.8 Å². The summed E-state index contributed by atoms with van der Waals surface area (Å²) < 4.78 is 64.6. The molecular weight excluding hydrogens is 563 g/mol. The van der Waals surface area contributed by atoms with Gasteiger partial charge in [-0.3, -0.25) is 0 Å². The molecule has 0 atom stereocenters. The highest BCUT2D eigenvalue weighted by molar-refractivity contribution is 8.76. The second kappa shape index (κ2) is 11.2. The van der Waals surface area contributed by atoms with Crippen molar-refractivity contribution in [1.82, 2.24) is 8.61 Å². The van der Waals surface area contributed by atoms with E-state index in [-0.39, 0.29) is 19.8 Å². The number of sulfonamides is 2. The normalized spacial score (nSPS) is 18.8. The third-order valence-corrected chi connectivity index (χ3v) is 12.4. The molecule has 186 valence electrons. The highest BCUT2D eigenvalue weighted by Crippen LogP contribution is 2.41. The topological polar surface area (TPSA) is 93.2 Å². The fourth-order valence-electron chi connectivity index (χ4n) is 3.43. The average Bonchev–Trinajstić information content (AvgIpc) is 2.83. The van der Waals surface area contributed by atoms with E-state index in [9.17, 15) is 16.8 Å². The van der Waals surface area contributed by atoms with E-state index < -0.39 is 20.0 Å². The summed E-state index contributed by atoms with van der Waals surface area (Å²) >= 11 is 12.6. The van der Waals surface area contributed by atoms with Gasteiger partial charge in [0.15, 0.2) is 0 Å². The summed E-state index contributed by atoms with van der Waals surface area (Å²) in [6.07, 6.45) is 0. The monoisotopic (exact) mass is 584 g/mol. The van der Waals surface area contributed by atoms with E-state index in [2.05, 4.69) is 0 Å². The van der Waals surface area contributed by atoms with Crippen molar-refractivity contribution in [3.63, 3.8) is 0 Å². The molecule has 14 heteroatoms. The first-order valence-corrected chi connectivity index (χ1v) is 16.1. The van der Waals surface area contributed by atoms with Crippen LogP contribution in [0.25, 0.3) is 0 Å². The summed E-state index contributed by atoms with van der Waals surface area (Å²) in [5.41, 5.74) is 0. The van der Waals surface area contributed by atoms with Gasteiger partial charge < -0.3 is 9.47 Å². The Kier molecular flexibility index (Phi) is 8.77. The summed E-state index contributed by atoms with van der Waals surface area (Å²) in [4.78, 5) is 1.62. The molecule has 0 N–H and O–H groups in total. The van der Waals surface area contributed by atoms with Gasteiger partial charge in [-0.25, -0.2) is 16.8 Å². The van der Waals surface area contributed by atoms with Crippen molar-refractivity contribution < 1.29 is 26.3 Å². The third-order valence-electron chi connectivity index (χ3n) is 5.22. The molecule has 0 unspecified atom stereocenters. The van der Waals surface area contributed by atoms with Crippen molar-refractivity contribution in [2.45, 2.75) is 19.6 Å². The standard InChI is InChI=1S/C20H22Cl2N2O6S4/c21-17-13-15(1-3-19(17)33(25,26)23-5-9-29-10-6-23)31-32-16-2-4-20(18(22)14-16)34(27,28)24-7-11-30-12-8-24/h1-4,13-14H,5-12H2. The lowest BCUT2D eigenvalue weighted by atomic mass is 10.4. The average molecular weight is 586 g/mol. The van der Waals surface area contributed by atoms with Gasteiger partial charge in [-0.05, 0) is 36.4 Å². The zero-order valence-electron chi connectivity index (χ0n) is 17.9. The minimum Gasteiger partial charge on any atom is -0.379 e. The fraction of sp³-hybridized carbons (Fsp3) is 0.400. The lowest BCUT2D eigenvalue weighted by Gasteiger charge is -2.26. The molecule has 2 aliphatic heterocycles. The molecule has 2 saturated heterocycles. The Morgan fingerprint density at radius 2 is 1.00 bits per heavy atom. The maximum absolute atomic E-state index is 12.9. The van der Waals surface area contributed by atoms with Crippen molar-refractivity contribution >= 4 is 64.8 Å². The quantitative estimate of drug-likeness (QED) is 0.453. The van der Waals surface area contributed by atoms with Crippen LogP contribution in [0, 0.1) is 0 Å². The number of hydrogen-bond donors (Lipinski definition) is 0. The maximum Gasteiger partial charge on any atom is 0.244 e. The van der Waals surface area contributed by atoms with E-state index in [1.807, 2.05) is 0 Å². The minimum atomic E-state index is -3.69. The summed E-state index contributed by atoms with van der Waals surface area (Å²) in [7, 11) is -4.66. The van der Waals surface area contributed by atoms with Crippen LogP contribution in [-0.4, -0.2) is 78.1 Å². The highest BCUT2D eigenvalue weighted by Gasteiger charge is 2.29. The summed E-state index contributed by atoms with van der Waals surface area (Å²) in [5.74, 6) is 0. The van der Waals surface area contributed by atoms with E-state index in [1.165, 1.54) is 42.3 Å². The van der Waals surface area contributed by atoms with Crippen LogP contribution in [0.5, 0.6) is 0 Å². The molecule has 0 spiro atoms. The Morgan fingerprint density at radius 1 is 0.647 bits per heavy atom. The summed E-state index contributed by atoms with van der Waals surface area (Å²) in [5, 5.41) is 0.282. The molecule has 2 aromatic rings. The number of hydrogen-bond acceptors (Lipinski definition) is 8. The molecule has 2 heterocycles.